The first-order valence-electron chi connectivity index (χ1n) is 8.73. The first-order valence-corrected chi connectivity index (χ1v) is 8.73. The molecule has 2 N–H and O–H groups in total. The van der Waals surface area contributed by atoms with E-state index in [4.69, 9.17) is 5.73 Å². The highest BCUT2D eigenvalue weighted by Crippen LogP contribution is 2.60. The Labute approximate surface area is 128 Å². The van der Waals surface area contributed by atoms with Gasteiger partial charge in [0.05, 0.1) is 0 Å². The molecule has 120 valence electrons. The Morgan fingerprint density at radius 1 is 1.10 bits per heavy atom. The number of hydrogen-bond acceptors (Lipinski definition) is 1. The van der Waals surface area contributed by atoms with Crippen molar-refractivity contribution >= 4 is 0 Å². The van der Waals surface area contributed by atoms with Crippen molar-refractivity contribution in [2.75, 3.05) is 0 Å². The summed E-state index contributed by atoms with van der Waals surface area (Å²) in [5, 5.41) is 0. The van der Waals surface area contributed by atoms with E-state index in [-0.39, 0.29) is 0 Å². The molecule has 20 heavy (non-hydrogen) atoms. The SMILES string of the molecule is CC(N)CC1(C)CC1C(C)CCC(C(C)C)C(C)(C)C. The van der Waals surface area contributed by atoms with Gasteiger partial charge >= 0.3 is 0 Å². The molecule has 1 saturated carbocycles. The fraction of sp³-hybridized carbons (Fsp3) is 1.00. The average molecular weight is 282 g/mol. The van der Waals surface area contributed by atoms with Crippen LogP contribution in [0.3, 0.4) is 0 Å². The van der Waals surface area contributed by atoms with E-state index in [1.807, 2.05) is 0 Å². The minimum absolute atomic E-state index is 0.357. The fourth-order valence-electron chi connectivity index (χ4n) is 4.71. The maximum atomic E-state index is 6.00. The molecule has 5 unspecified atom stereocenters. The largest absolute Gasteiger partial charge is 0.328 e. The van der Waals surface area contributed by atoms with Crippen molar-refractivity contribution in [2.45, 2.75) is 87.1 Å². The molecule has 1 nitrogen and oxygen atoms in total. The zero-order valence-electron chi connectivity index (χ0n) is 15.3. The van der Waals surface area contributed by atoms with Crippen molar-refractivity contribution in [3.63, 3.8) is 0 Å². The van der Waals surface area contributed by atoms with E-state index in [0.29, 0.717) is 16.9 Å². The predicted octanol–water partition coefficient (Wildman–Crippen LogP) is 5.48. The molecule has 1 fully saturated rings. The third kappa shape index (κ3) is 4.76. The Kier molecular flexibility index (Phi) is 5.75. The summed E-state index contributed by atoms with van der Waals surface area (Å²) in [7, 11) is 0. The van der Waals surface area contributed by atoms with Gasteiger partial charge in [0, 0.05) is 6.04 Å². The lowest BCUT2D eigenvalue weighted by Crippen LogP contribution is -2.26. The maximum Gasteiger partial charge on any atom is 0.00157 e. The van der Waals surface area contributed by atoms with Crippen LogP contribution in [0.15, 0.2) is 0 Å². The van der Waals surface area contributed by atoms with Gasteiger partial charge in [-0.25, -0.2) is 0 Å². The van der Waals surface area contributed by atoms with E-state index in [1.165, 1.54) is 25.7 Å². The van der Waals surface area contributed by atoms with Crippen LogP contribution in [0.4, 0.5) is 0 Å². The van der Waals surface area contributed by atoms with Crippen LogP contribution in [0, 0.1) is 34.5 Å². The summed E-state index contributed by atoms with van der Waals surface area (Å²) in [6.07, 6.45) is 5.37. The molecule has 0 aromatic heterocycles. The molecule has 0 aromatic carbocycles. The van der Waals surface area contributed by atoms with Crippen molar-refractivity contribution in [3.8, 4) is 0 Å². The maximum absolute atomic E-state index is 6.00. The van der Waals surface area contributed by atoms with Crippen molar-refractivity contribution in [1.29, 1.82) is 0 Å². The van der Waals surface area contributed by atoms with Crippen LogP contribution in [-0.2, 0) is 0 Å². The molecule has 0 heterocycles. The van der Waals surface area contributed by atoms with Gasteiger partial charge in [-0.15, -0.1) is 0 Å². The van der Waals surface area contributed by atoms with Crippen LogP contribution in [0.1, 0.15) is 81.1 Å². The molecule has 1 heteroatoms. The first kappa shape index (κ1) is 18.0. The fourth-order valence-corrected chi connectivity index (χ4v) is 4.71. The normalized spacial score (nSPS) is 31.2. The molecule has 0 amide bonds. The van der Waals surface area contributed by atoms with E-state index in [1.54, 1.807) is 0 Å². The van der Waals surface area contributed by atoms with Gasteiger partial charge in [0.2, 0.25) is 0 Å². The van der Waals surface area contributed by atoms with Gasteiger partial charge in [-0.05, 0) is 60.7 Å². The lowest BCUT2D eigenvalue weighted by Gasteiger charge is -2.35. The summed E-state index contributed by atoms with van der Waals surface area (Å²) in [4.78, 5) is 0. The van der Waals surface area contributed by atoms with Crippen molar-refractivity contribution in [3.05, 3.63) is 0 Å². The van der Waals surface area contributed by atoms with E-state index in [9.17, 15) is 0 Å². The van der Waals surface area contributed by atoms with Crippen molar-refractivity contribution < 1.29 is 0 Å². The Balaban J connectivity index is 2.46. The summed E-state index contributed by atoms with van der Waals surface area (Å²) in [5.41, 5.74) is 6.98. The molecule has 5 atom stereocenters. The smallest absolute Gasteiger partial charge is 0.00157 e. The third-order valence-corrected chi connectivity index (χ3v) is 5.75. The molecule has 0 spiro atoms. The first-order chi connectivity index (χ1) is 8.97. The van der Waals surface area contributed by atoms with Gasteiger partial charge < -0.3 is 5.73 Å². The summed E-state index contributed by atoms with van der Waals surface area (Å²) in [6.45, 7) is 19.0. The van der Waals surface area contributed by atoms with Crippen LogP contribution >= 0.6 is 0 Å². The highest BCUT2D eigenvalue weighted by atomic mass is 14.7. The zero-order chi connectivity index (χ0) is 15.7. The van der Waals surface area contributed by atoms with Gasteiger partial charge in [0.1, 0.15) is 0 Å². The zero-order valence-corrected chi connectivity index (χ0v) is 15.3. The second-order valence-electron chi connectivity index (χ2n) is 9.42. The average Bonchev–Trinajstić information content (AvgIpc) is 2.86. The van der Waals surface area contributed by atoms with Gasteiger partial charge in [0.25, 0.3) is 0 Å². The molecule has 0 bridgehead atoms. The number of rotatable bonds is 7. The van der Waals surface area contributed by atoms with Gasteiger partial charge in [-0.3, -0.25) is 0 Å². The summed E-state index contributed by atoms with van der Waals surface area (Å²) in [6, 6.07) is 0.357. The summed E-state index contributed by atoms with van der Waals surface area (Å²) in [5.74, 6) is 3.41. The van der Waals surface area contributed by atoms with Crippen LogP contribution in [0.5, 0.6) is 0 Å². The molecule has 0 radical (unpaired) electrons. The second kappa shape index (κ2) is 6.38. The molecule has 1 aliphatic carbocycles. The monoisotopic (exact) mass is 281 g/mol. The van der Waals surface area contributed by atoms with Gasteiger partial charge in [-0.2, -0.15) is 0 Å². The minimum atomic E-state index is 0.357. The van der Waals surface area contributed by atoms with Gasteiger partial charge in [0.15, 0.2) is 0 Å². The van der Waals surface area contributed by atoms with E-state index >= 15 is 0 Å². The van der Waals surface area contributed by atoms with E-state index in [2.05, 4.69) is 55.4 Å². The molecule has 0 saturated heterocycles. The van der Waals surface area contributed by atoms with Crippen molar-refractivity contribution in [2.24, 2.45) is 40.2 Å². The third-order valence-electron chi connectivity index (χ3n) is 5.75. The molecule has 0 aliphatic heterocycles. The highest BCUT2D eigenvalue weighted by Gasteiger charge is 2.52. The van der Waals surface area contributed by atoms with Crippen LogP contribution < -0.4 is 5.73 Å². The standard InChI is InChI=1S/C19H39N/c1-13(2)16(18(5,6)7)10-9-14(3)17-12-19(17,8)11-15(4)20/h13-17H,9-12,20H2,1-8H3. The molecular weight excluding hydrogens is 242 g/mol. The quantitative estimate of drug-likeness (QED) is 0.656. The Hall–Kier alpha value is -0.0400. The number of hydrogen-bond donors (Lipinski definition) is 1. The van der Waals surface area contributed by atoms with E-state index < -0.39 is 0 Å². The van der Waals surface area contributed by atoms with Gasteiger partial charge in [-0.1, -0.05) is 54.9 Å². The molecule has 0 aromatic rings. The Morgan fingerprint density at radius 3 is 2.05 bits per heavy atom. The lowest BCUT2D eigenvalue weighted by molar-refractivity contribution is 0.152. The molecular formula is C19H39N. The van der Waals surface area contributed by atoms with Crippen molar-refractivity contribution in [1.82, 2.24) is 0 Å². The summed E-state index contributed by atoms with van der Waals surface area (Å²) >= 11 is 0. The molecule has 1 rings (SSSR count). The highest BCUT2D eigenvalue weighted by molar-refractivity contribution is 5.02. The predicted molar refractivity (Wildman–Crippen MR) is 90.7 cm³/mol. The van der Waals surface area contributed by atoms with Crippen LogP contribution in [-0.4, -0.2) is 6.04 Å². The van der Waals surface area contributed by atoms with Crippen LogP contribution in [0.25, 0.3) is 0 Å². The Bertz CT molecular complexity index is 299. The molecule has 1 aliphatic rings. The Morgan fingerprint density at radius 2 is 1.65 bits per heavy atom. The topological polar surface area (TPSA) is 26.0 Å². The van der Waals surface area contributed by atoms with Crippen LogP contribution in [0.2, 0.25) is 0 Å². The number of nitrogens with two attached hydrogens (primary N) is 1. The van der Waals surface area contributed by atoms with E-state index in [0.717, 1.165) is 23.7 Å². The lowest BCUT2D eigenvalue weighted by atomic mass is 9.71. The minimum Gasteiger partial charge on any atom is -0.328 e. The summed E-state index contributed by atoms with van der Waals surface area (Å²) < 4.78 is 0. The second-order valence-corrected chi connectivity index (χ2v) is 9.42.